The van der Waals surface area contributed by atoms with Gasteiger partial charge in [0.25, 0.3) is 0 Å². The van der Waals surface area contributed by atoms with Crippen molar-refractivity contribution in [3.05, 3.63) is 82.4 Å². The largest absolute Gasteiger partial charge is 0.338 e. The van der Waals surface area contributed by atoms with Crippen LogP contribution in [0.3, 0.4) is 0 Å². The summed E-state index contributed by atoms with van der Waals surface area (Å²) in [5.74, 6) is 1.12. The Balaban J connectivity index is 1.66. The zero-order chi connectivity index (χ0) is 21.7. The van der Waals surface area contributed by atoms with Gasteiger partial charge in [-0.25, -0.2) is 0 Å². The standard InChI is InChI=1S/C26H30N4S/c1-6-20-15-31-26-28-24(22-11-7-8-13-27-22)25(30(20)26)21-14-17(3)29(19(21)5)23-12-9-10-16(2)18(23)4/h7-14,20,24-25H,6,15H2,1-5H3/t20-,24+,25+/m0/s1. The average Bonchev–Trinajstić information content (AvgIpc) is 3.42. The second-order valence-corrected chi connectivity index (χ2v) is 9.70. The maximum Gasteiger partial charge on any atom is 0.160 e. The zero-order valence-electron chi connectivity index (χ0n) is 19.0. The summed E-state index contributed by atoms with van der Waals surface area (Å²) in [6.45, 7) is 11.2. The summed E-state index contributed by atoms with van der Waals surface area (Å²) in [5.41, 5.74) is 8.94. The van der Waals surface area contributed by atoms with Crippen molar-refractivity contribution in [3.8, 4) is 5.69 Å². The Bertz CT molecular complexity index is 1150. The lowest BCUT2D eigenvalue weighted by Crippen LogP contribution is -2.35. The fourth-order valence-corrected chi connectivity index (χ4v) is 6.46. The molecule has 2 aliphatic heterocycles. The molecule has 5 rings (SSSR count). The van der Waals surface area contributed by atoms with E-state index in [-0.39, 0.29) is 12.1 Å². The summed E-state index contributed by atoms with van der Waals surface area (Å²) in [6.07, 6.45) is 3.02. The van der Waals surface area contributed by atoms with Gasteiger partial charge in [0.15, 0.2) is 5.17 Å². The van der Waals surface area contributed by atoms with Crippen LogP contribution in [0, 0.1) is 27.7 Å². The minimum Gasteiger partial charge on any atom is -0.338 e. The van der Waals surface area contributed by atoms with Gasteiger partial charge in [-0.1, -0.05) is 36.9 Å². The van der Waals surface area contributed by atoms with E-state index < -0.39 is 0 Å². The second kappa shape index (κ2) is 7.86. The molecule has 1 fully saturated rings. The monoisotopic (exact) mass is 430 g/mol. The van der Waals surface area contributed by atoms with Crippen LogP contribution in [0.2, 0.25) is 0 Å². The van der Waals surface area contributed by atoms with Crippen LogP contribution >= 0.6 is 11.8 Å². The number of pyridine rings is 1. The molecule has 0 amide bonds. The highest BCUT2D eigenvalue weighted by Crippen LogP contribution is 2.49. The Morgan fingerprint density at radius 1 is 1.06 bits per heavy atom. The van der Waals surface area contributed by atoms with Crippen molar-refractivity contribution in [1.82, 2.24) is 14.5 Å². The molecule has 0 unspecified atom stereocenters. The number of nitrogens with zero attached hydrogens (tertiary/aromatic N) is 4. The molecule has 3 atom stereocenters. The van der Waals surface area contributed by atoms with Gasteiger partial charge in [-0.2, -0.15) is 0 Å². The number of hydrogen-bond donors (Lipinski definition) is 0. The Kier molecular flexibility index (Phi) is 5.17. The van der Waals surface area contributed by atoms with Crippen molar-refractivity contribution in [2.24, 2.45) is 4.99 Å². The molecule has 1 saturated heterocycles. The summed E-state index contributed by atoms with van der Waals surface area (Å²) >= 11 is 1.90. The Morgan fingerprint density at radius 2 is 1.90 bits per heavy atom. The molecule has 0 bridgehead atoms. The molecule has 0 spiro atoms. The van der Waals surface area contributed by atoms with Crippen LogP contribution in [0.15, 0.2) is 53.7 Å². The number of amidine groups is 1. The molecule has 0 saturated carbocycles. The lowest BCUT2D eigenvalue weighted by atomic mass is 9.95. The SMILES string of the molecule is CC[C@H]1CSC2=N[C@H](c3ccccn3)[C@@H](c3cc(C)n(-c4cccc(C)c4C)c3C)N21. The summed E-state index contributed by atoms with van der Waals surface area (Å²) in [4.78, 5) is 12.5. The lowest BCUT2D eigenvalue weighted by Gasteiger charge is -2.32. The quantitative estimate of drug-likeness (QED) is 0.502. The van der Waals surface area contributed by atoms with E-state index in [4.69, 9.17) is 9.98 Å². The summed E-state index contributed by atoms with van der Waals surface area (Å²) < 4.78 is 2.43. The topological polar surface area (TPSA) is 33.4 Å². The zero-order valence-corrected chi connectivity index (χ0v) is 19.8. The lowest BCUT2D eigenvalue weighted by molar-refractivity contribution is 0.254. The smallest absolute Gasteiger partial charge is 0.160 e. The van der Waals surface area contributed by atoms with Gasteiger partial charge in [-0.15, -0.1) is 0 Å². The molecule has 3 aromatic rings. The number of aryl methyl sites for hydroxylation is 2. The van der Waals surface area contributed by atoms with Crippen molar-refractivity contribution in [2.45, 2.75) is 59.2 Å². The molecule has 31 heavy (non-hydrogen) atoms. The van der Waals surface area contributed by atoms with Gasteiger partial charge >= 0.3 is 0 Å². The van der Waals surface area contributed by atoms with E-state index in [9.17, 15) is 0 Å². The summed E-state index contributed by atoms with van der Waals surface area (Å²) in [7, 11) is 0. The third-order valence-electron chi connectivity index (χ3n) is 6.94. The first kappa shape index (κ1) is 20.4. The van der Waals surface area contributed by atoms with Crippen LogP contribution in [-0.4, -0.2) is 31.4 Å². The minimum absolute atomic E-state index is 0.0330. The van der Waals surface area contributed by atoms with Crippen molar-refractivity contribution in [3.63, 3.8) is 0 Å². The number of fused-ring (bicyclic) bond motifs is 1. The van der Waals surface area contributed by atoms with Gasteiger partial charge in [0.1, 0.15) is 6.04 Å². The average molecular weight is 431 g/mol. The highest BCUT2D eigenvalue weighted by molar-refractivity contribution is 8.14. The Labute approximate surface area is 189 Å². The van der Waals surface area contributed by atoms with Crippen molar-refractivity contribution in [1.29, 1.82) is 0 Å². The molecule has 0 aliphatic carbocycles. The molecule has 2 aliphatic rings. The van der Waals surface area contributed by atoms with E-state index in [1.165, 1.54) is 38.9 Å². The molecule has 0 radical (unpaired) electrons. The predicted octanol–water partition coefficient (Wildman–Crippen LogP) is 6.09. The normalized spacial score (nSPS) is 22.7. The molecule has 2 aromatic heterocycles. The van der Waals surface area contributed by atoms with Gasteiger partial charge in [0.2, 0.25) is 0 Å². The molecule has 4 nitrogen and oxygen atoms in total. The van der Waals surface area contributed by atoms with E-state index in [2.05, 4.69) is 80.5 Å². The van der Waals surface area contributed by atoms with E-state index in [0.717, 1.165) is 17.9 Å². The number of thioether (sulfide) groups is 1. The van der Waals surface area contributed by atoms with Gasteiger partial charge in [-0.05, 0) is 75.1 Å². The fraction of sp³-hybridized carbons (Fsp3) is 0.385. The van der Waals surface area contributed by atoms with Gasteiger partial charge in [0, 0.05) is 35.1 Å². The third kappa shape index (κ3) is 3.21. The molecular formula is C26H30N4S. The number of benzene rings is 1. The molecule has 1 aromatic carbocycles. The Morgan fingerprint density at radius 3 is 2.65 bits per heavy atom. The number of aliphatic imine (C=N–C) groups is 1. The van der Waals surface area contributed by atoms with Crippen LogP contribution in [-0.2, 0) is 0 Å². The van der Waals surface area contributed by atoms with Crippen molar-refractivity contribution in [2.75, 3.05) is 5.75 Å². The van der Waals surface area contributed by atoms with Gasteiger partial charge < -0.3 is 9.47 Å². The third-order valence-corrected chi connectivity index (χ3v) is 8.06. The summed E-state index contributed by atoms with van der Waals surface area (Å²) in [5, 5.41) is 1.18. The van der Waals surface area contributed by atoms with Crippen LogP contribution in [0.4, 0.5) is 0 Å². The summed E-state index contributed by atoms with van der Waals surface area (Å²) in [6, 6.07) is 15.9. The minimum atomic E-state index is 0.0330. The van der Waals surface area contributed by atoms with E-state index in [0.29, 0.717) is 6.04 Å². The van der Waals surface area contributed by atoms with E-state index in [1.807, 2.05) is 24.0 Å². The van der Waals surface area contributed by atoms with Crippen LogP contribution < -0.4 is 0 Å². The molecule has 4 heterocycles. The maximum absolute atomic E-state index is 5.19. The highest BCUT2D eigenvalue weighted by Gasteiger charge is 2.46. The van der Waals surface area contributed by atoms with E-state index >= 15 is 0 Å². The van der Waals surface area contributed by atoms with Crippen molar-refractivity contribution >= 4 is 16.9 Å². The predicted molar refractivity (Wildman–Crippen MR) is 130 cm³/mol. The molecule has 160 valence electrons. The van der Waals surface area contributed by atoms with Crippen LogP contribution in [0.1, 0.15) is 59.2 Å². The Hall–Kier alpha value is -2.53. The van der Waals surface area contributed by atoms with Crippen LogP contribution in [0.5, 0.6) is 0 Å². The first-order valence-electron chi connectivity index (χ1n) is 11.2. The number of hydrogen-bond acceptors (Lipinski definition) is 4. The number of aromatic nitrogens is 2. The van der Waals surface area contributed by atoms with Crippen molar-refractivity contribution < 1.29 is 0 Å². The highest BCUT2D eigenvalue weighted by atomic mass is 32.2. The molecule has 0 N–H and O–H groups in total. The molecule has 5 heteroatoms. The second-order valence-electron chi connectivity index (χ2n) is 8.72. The van der Waals surface area contributed by atoms with Gasteiger partial charge in [-0.3, -0.25) is 9.98 Å². The first-order chi connectivity index (χ1) is 15.0. The van der Waals surface area contributed by atoms with Crippen LogP contribution in [0.25, 0.3) is 5.69 Å². The van der Waals surface area contributed by atoms with E-state index in [1.54, 1.807) is 0 Å². The fourth-order valence-electron chi connectivity index (χ4n) is 5.12. The molecular weight excluding hydrogens is 400 g/mol. The number of rotatable bonds is 4. The first-order valence-corrected chi connectivity index (χ1v) is 12.1. The van der Waals surface area contributed by atoms with Gasteiger partial charge in [0.05, 0.1) is 11.7 Å². The maximum atomic E-state index is 5.19.